The minimum absolute atomic E-state index is 1.04. The smallest absolute Gasteiger partial charge is 0.0322 e. The largest absolute Gasteiger partial charge is 0.0883 e. The van der Waals surface area contributed by atoms with Crippen molar-refractivity contribution in [3.05, 3.63) is 12.2 Å². The molecule has 1 fully saturated rings. The first-order chi connectivity index (χ1) is 5.45. The molecule has 62 valence electrons. The van der Waals surface area contributed by atoms with Crippen LogP contribution in [0.2, 0.25) is 0 Å². The predicted molar refractivity (Wildman–Crippen MR) is 48.4 cm³/mol. The molecule has 11 heavy (non-hydrogen) atoms. The summed E-state index contributed by atoms with van der Waals surface area (Å²) in [6.07, 6.45) is 15.1. The van der Waals surface area contributed by atoms with Gasteiger partial charge in [-0.3, -0.25) is 0 Å². The number of hydrogen-bond acceptors (Lipinski definition) is 0. The fourth-order valence-corrected chi connectivity index (χ4v) is 2.50. The van der Waals surface area contributed by atoms with E-state index in [9.17, 15) is 0 Å². The van der Waals surface area contributed by atoms with E-state index >= 15 is 0 Å². The summed E-state index contributed by atoms with van der Waals surface area (Å²) in [5.74, 6) is 2.08. The van der Waals surface area contributed by atoms with Crippen LogP contribution in [0.25, 0.3) is 0 Å². The van der Waals surface area contributed by atoms with Gasteiger partial charge in [0.05, 0.1) is 0 Å². The van der Waals surface area contributed by atoms with Crippen LogP contribution in [0.15, 0.2) is 12.2 Å². The Balaban J connectivity index is 2.06. The third-order valence-electron chi connectivity index (χ3n) is 3.31. The highest BCUT2D eigenvalue weighted by molar-refractivity contribution is 4.90. The lowest BCUT2D eigenvalue weighted by atomic mass is 9.91. The van der Waals surface area contributed by atoms with Crippen molar-refractivity contribution in [2.24, 2.45) is 11.8 Å². The molecule has 0 spiro atoms. The quantitative estimate of drug-likeness (QED) is 0.463. The molecule has 2 rings (SSSR count). The first-order valence-corrected chi connectivity index (χ1v) is 5.10. The maximum absolute atomic E-state index is 2.42. The second kappa shape index (κ2) is 3.42. The van der Waals surface area contributed by atoms with Gasteiger partial charge in [-0.15, -0.1) is 0 Å². The fraction of sp³-hybridized carbons (Fsp3) is 0.818. The molecule has 0 aromatic heterocycles. The molecule has 0 aromatic rings. The number of rotatable bonds is 0. The van der Waals surface area contributed by atoms with E-state index < -0.39 is 0 Å². The van der Waals surface area contributed by atoms with Crippen LogP contribution in [0.1, 0.15) is 44.9 Å². The van der Waals surface area contributed by atoms with Crippen LogP contribution in [0.3, 0.4) is 0 Å². The highest BCUT2D eigenvalue weighted by atomic mass is 14.2. The molecule has 2 atom stereocenters. The van der Waals surface area contributed by atoms with Crippen LogP contribution >= 0.6 is 0 Å². The number of hydrogen-bond donors (Lipinski definition) is 0. The topological polar surface area (TPSA) is 0 Å². The van der Waals surface area contributed by atoms with E-state index in [0.717, 1.165) is 11.8 Å². The SMILES string of the molecule is C1=CCC2CCCC(C1)CC2. The van der Waals surface area contributed by atoms with Crippen LogP contribution in [0.5, 0.6) is 0 Å². The van der Waals surface area contributed by atoms with E-state index in [1.165, 1.54) is 44.9 Å². The first-order valence-electron chi connectivity index (χ1n) is 5.10. The Morgan fingerprint density at radius 3 is 1.82 bits per heavy atom. The number of allylic oxidation sites excluding steroid dienone is 2. The van der Waals surface area contributed by atoms with E-state index in [-0.39, 0.29) is 0 Å². The van der Waals surface area contributed by atoms with Crippen molar-refractivity contribution >= 4 is 0 Å². The molecule has 0 aromatic carbocycles. The Kier molecular flexibility index (Phi) is 2.30. The van der Waals surface area contributed by atoms with Gasteiger partial charge in [0.2, 0.25) is 0 Å². The normalized spacial score (nSPS) is 37.8. The van der Waals surface area contributed by atoms with Gasteiger partial charge in [-0.05, 0) is 37.5 Å². The zero-order chi connectivity index (χ0) is 7.52. The Hall–Kier alpha value is -0.260. The zero-order valence-corrected chi connectivity index (χ0v) is 7.26. The molecule has 2 aliphatic rings. The Labute approximate surface area is 69.7 Å². The highest BCUT2D eigenvalue weighted by Crippen LogP contribution is 2.33. The van der Waals surface area contributed by atoms with Gasteiger partial charge in [-0.1, -0.05) is 31.4 Å². The van der Waals surface area contributed by atoms with Crippen molar-refractivity contribution in [2.75, 3.05) is 0 Å². The molecule has 0 N–H and O–H groups in total. The summed E-state index contributed by atoms with van der Waals surface area (Å²) in [6.45, 7) is 0. The van der Waals surface area contributed by atoms with Crippen molar-refractivity contribution in [2.45, 2.75) is 44.9 Å². The molecule has 0 saturated heterocycles. The van der Waals surface area contributed by atoms with Crippen LogP contribution in [-0.4, -0.2) is 0 Å². The van der Waals surface area contributed by atoms with Crippen LogP contribution in [0.4, 0.5) is 0 Å². The monoisotopic (exact) mass is 150 g/mol. The van der Waals surface area contributed by atoms with Gasteiger partial charge < -0.3 is 0 Å². The number of fused-ring (bicyclic) bond motifs is 3. The van der Waals surface area contributed by atoms with Crippen LogP contribution < -0.4 is 0 Å². The molecular weight excluding hydrogens is 132 g/mol. The lowest BCUT2D eigenvalue weighted by Gasteiger charge is -2.15. The standard InChI is InChI=1S/C11H18/c1-2-5-11-7-3-6-10(4-1)8-9-11/h1-2,10-11H,3-9H2. The first kappa shape index (κ1) is 7.39. The molecule has 2 bridgehead atoms. The second-order valence-corrected chi connectivity index (χ2v) is 4.18. The summed E-state index contributed by atoms with van der Waals surface area (Å²) in [6, 6.07) is 0. The van der Waals surface area contributed by atoms with E-state index in [0.29, 0.717) is 0 Å². The minimum Gasteiger partial charge on any atom is -0.0883 e. The van der Waals surface area contributed by atoms with Crippen molar-refractivity contribution in [3.8, 4) is 0 Å². The average Bonchev–Trinajstić information content (AvgIpc) is 2.11. The Morgan fingerprint density at radius 1 is 0.727 bits per heavy atom. The molecule has 0 amide bonds. The van der Waals surface area contributed by atoms with E-state index in [1.54, 1.807) is 0 Å². The average molecular weight is 150 g/mol. The molecule has 1 saturated carbocycles. The van der Waals surface area contributed by atoms with Crippen molar-refractivity contribution < 1.29 is 0 Å². The maximum atomic E-state index is 2.42. The summed E-state index contributed by atoms with van der Waals surface area (Å²) >= 11 is 0. The lowest BCUT2D eigenvalue weighted by molar-refractivity contribution is 0.424. The summed E-state index contributed by atoms with van der Waals surface area (Å²) in [5.41, 5.74) is 0. The van der Waals surface area contributed by atoms with Gasteiger partial charge in [0, 0.05) is 0 Å². The predicted octanol–water partition coefficient (Wildman–Crippen LogP) is 3.53. The fourth-order valence-electron chi connectivity index (χ4n) is 2.50. The molecular formula is C11H18. The van der Waals surface area contributed by atoms with Gasteiger partial charge in [0.1, 0.15) is 0 Å². The zero-order valence-electron chi connectivity index (χ0n) is 7.26. The second-order valence-electron chi connectivity index (χ2n) is 4.18. The minimum atomic E-state index is 1.04. The van der Waals surface area contributed by atoms with Gasteiger partial charge in [0.15, 0.2) is 0 Å². The van der Waals surface area contributed by atoms with E-state index in [4.69, 9.17) is 0 Å². The van der Waals surface area contributed by atoms with Gasteiger partial charge >= 0.3 is 0 Å². The molecule has 2 unspecified atom stereocenters. The van der Waals surface area contributed by atoms with E-state index in [1.807, 2.05) is 0 Å². The Morgan fingerprint density at radius 2 is 1.27 bits per heavy atom. The highest BCUT2D eigenvalue weighted by Gasteiger charge is 2.18. The van der Waals surface area contributed by atoms with Crippen molar-refractivity contribution in [1.29, 1.82) is 0 Å². The van der Waals surface area contributed by atoms with Crippen LogP contribution in [0, 0.1) is 11.8 Å². The van der Waals surface area contributed by atoms with Gasteiger partial charge in [-0.2, -0.15) is 0 Å². The van der Waals surface area contributed by atoms with Gasteiger partial charge in [0.25, 0.3) is 0 Å². The van der Waals surface area contributed by atoms with Crippen molar-refractivity contribution in [1.82, 2.24) is 0 Å². The Bertz CT molecular complexity index is 130. The molecule has 2 aliphatic carbocycles. The molecule has 0 aliphatic heterocycles. The summed E-state index contributed by atoms with van der Waals surface area (Å²) in [4.78, 5) is 0. The third-order valence-corrected chi connectivity index (χ3v) is 3.31. The summed E-state index contributed by atoms with van der Waals surface area (Å²) in [7, 11) is 0. The van der Waals surface area contributed by atoms with E-state index in [2.05, 4.69) is 12.2 Å². The molecule has 0 nitrogen and oxygen atoms in total. The molecule has 0 radical (unpaired) electrons. The molecule has 0 heterocycles. The summed E-state index contributed by atoms with van der Waals surface area (Å²) < 4.78 is 0. The van der Waals surface area contributed by atoms with Gasteiger partial charge in [-0.25, -0.2) is 0 Å². The molecule has 0 heteroatoms. The van der Waals surface area contributed by atoms with Crippen molar-refractivity contribution in [3.63, 3.8) is 0 Å². The summed E-state index contributed by atoms with van der Waals surface area (Å²) in [5, 5.41) is 0. The maximum Gasteiger partial charge on any atom is -0.0322 e. The third kappa shape index (κ3) is 1.85. The lowest BCUT2D eigenvalue weighted by Crippen LogP contribution is -2.01. The van der Waals surface area contributed by atoms with Crippen LogP contribution in [-0.2, 0) is 0 Å².